The Morgan fingerprint density at radius 1 is 1.08 bits per heavy atom. The fourth-order valence-electron chi connectivity index (χ4n) is 2.52. The maximum Gasteiger partial charge on any atom is 0.191 e. The third kappa shape index (κ3) is 3.53. The molecule has 0 aliphatic carbocycles. The minimum atomic E-state index is -0.233. The van der Waals surface area contributed by atoms with Crippen molar-refractivity contribution in [3.05, 3.63) is 65.7 Å². The van der Waals surface area contributed by atoms with Gasteiger partial charge in [0, 0.05) is 20.6 Å². The van der Waals surface area contributed by atoms with Crippen LogP contribution >= 0.6 is 0 Å². The molecule has 0 spiro atoms. The highest BCUT2D eigenvalue weighted by molar-refractivity contribution is 5.80. The molecule has 0 radical (unpaired) electrons. The molecule has 2 aromatic carbocycles. The van der Waals surface area contributed by atoms with E-state index in [4.69, 9.17) is 0 Å². The number of aryl methyl sites for hydroxylation is 1. The number of para-hydroxylation sites is 2. The van der Waals surface area contributed by atoms with Crippen LogP contribution in [0.15, 0.2) is 53.5 Å². The number of benzene rings is 2. The number of hydrogen-bond acceptors (Lipinski definition) is 2. The number of nitrogens with zero attached hydrogens (tertiary/aromatic N) is 3. The average molecular weight is 325 g/mol. The summed E-state index contributed by atoms with van der Waals surface area (Å²) in [6, 6.07) is 14.4. The lowest BCUT2D eigenvalue weighted by Crippen LogP contribution is -2.36. The maximum atomic E-state index is 12.9. The van der Waals surface area contributed by atoms with E-state index in [1.807, 2.05) is 31.3 Å². The number of fused-ring (bicyclic) bond motifs is 1. The summed E-state index contributed by atoms with van der Waals surface area (Å²) in [7, 11) is 3.72. The van der Waals surface area contributed by atoms with Crippen LogP contribution in [0.1, 0.15) is 11.4 Å². The zero-order valence-corrected chi connectivity index (χ0v) is 13.8. The Morgan fingerprint density at radius 2 is 1.79 bits per heavy atom. The smallest absolute Gasteiger partial charge is 0.191 e. The number of hydrogen-bond donors (Lipinski definition) is 2. The number of halogens is 1. The SMILES string of the molecule is CN=C(NCc1ccc(F)cc1)NCc1nc2ccccc2n1C. The Bertz CT molecular complexity index is 851. The Balaban J connectivity index is 1.61. The molecule has 1 aromatic heterocycles. The van der Waals surface area contributed by atoms with Crippen LogP contribution < -0.4 is 10.6 Å². The normalized spacial score (nSPS) is 11.7. The second-order valence-electron chi connectivity index (χ2n) is 5.48. The number of aliphatic imine (C=N–C) groups is 1. The van der Waals surface area contributed by atoms with Crippen LogP contribution in [0.5, 0.6) is 0 Å². The summed E-state index contributed by atoms with van der Waals surface area (Å²) in [6.07, 6.45) is 0. The third-order valence-corrected chi connectivity index (χ3v) is 3.89. The van der Waals surface area contributed by atoms with E-state index < -0.39 is 0 Å². The topological polar surface area (TPSA) is 54.2 Å². The predicted octanol–water partition coefficient (Wildman–Crippen LogP) is 2.58. The van der Waals surface area contributed by atoms with Gasteiger partial charge in [-0.3, -0.25) is 4.99 Å². The van der Waals surface area contributed by atoms with Gasteiger partial charge >= 0.3 is 0 Å². The molecule has 3 rings (SSSR count). The van der Waals surface area contributed by atoms with E-state index in [0.29, 0.717) is 19.0 Å². The van der Waals surface area contributed by atoms with Gasteiger partial charge < -0.3 is 15.2 Å². The van der Waals surface area contributed by atoms with Crippen molar-refractivity contribution in [2.45, 2.75) is 13.1 Å². The highest BCUT2D eigenvalue weighted by Crippen LogP contribution is 2.13. The van der Waals surface area contributed by atoms with Crippen LogP contribution in [-0.2, 0) is 20.1 Å². The lowest BCUT2D eigenvalue weighted by molar-refractivity contribution is 0.626. The summed E-state index contributed by atoms with van der Waals surface area (Å²) < 4.78 is 15.0. The monoisotopic (exact) mass is 325 g/mol. The van der Waals surface area contributed by atoms with Crippen molar-refractivity contribution in [2.75, 3.05) is 7.05 Å². The van der Waals surface area contributed by atoms with Crippen LogP contribution in [0, 0.1) is 5.82 Å². The molecule has 6 heteroatoms. The molecule has 2 N–H and O–H groups in total. The molecule has 0 saturated carbocycles. The molecule has 3 aromatic rings. The molecule has 124 valence electrons. The van der Waals surface area contributed by atoms with Crippen LogP contribution in [0.4, 0.5) is 4.39 Å². The van der Waals surface area contributed by atoms with E-state index in [-0.39, 0.29) is 5.82 Å². The van der Waals surface area contributed by atoms with Crippen molar-refractivity contribution in [2.24, 2.45) is 12.0 Å². The molecule has 24 heavy (non-hydrogen) atoms. The lowest BCUT2D eigenvalue weighted by Gasteiger charge is -2.12. The number of imidazole rings is 1. The molecule has 0 bridgehead atoms. The van der Waals surface area contributed by atoms with E-state index in [1.165, 1.54) is 12.1 Å². The molecule has 0 fully saturated rings. The molecule has 1 heterocycles. The number of nitrogens with one attached hydrogen (secondary N) is 2. The van der Waals surface area contributed by atoms with E-state index in [9.17, 15) is 4.39 Å². The fraction of sp³-hybridized carbons (Fsp3) is 0.222. The Kier molecular flexibility index (Phi) is 4.74. The molecular formula is C18H20FN5. The van der Waals surface area contributed by atoms with Crippen molar-refractivity contribution in [3.63, 3.8) is 0 Å². The molecule has 0 unspecified atom stereocenters. The first kappa shape index (κ1) is 16.0. The minimum Gasteiger partial charge on any atom is -0.352 e. The van der Waals surface area contributed by atoms with Gasteiger partial charge in [-0.1, -0.05) is 24.3 Å². The summed E-state index contributed by atoms with van der Waals surface area (Å²) in [5.41, 5.74) is 3.07. The fourth-order valence-corrected chi connectivity index (χ4v) is 2.52. The van der Waals surface area contributed by atoms with Crippen molar-refractivity contribution in [1.82, 2.24) is 20.2 Å². The first-order valence-corrected chi connectivity index (χ1v) is 7.76. The molecule has 0 aliphatic rings. The highest BCUT2D eigenvalue weighted by atomic mass is 19.1. The zero-order valence-electron chi connectivity index (χ0n) is 13.8. The summed E-state index contributed by atoms with van der Waals surface area (Å²) in [5, 5.41) is 6.46. The standard InChI is InChI=1S/C18H20FN5/c1-20-18(21-11-13-7-9-14(19)10-8-13)22-12-17-23-15-5-3-4-6-16(15)24(17)2/h3-10H,11-12H2,1-2H3,(H2,20,21,22). The average Bonchev–Trinajstić information content (AvgIpc) is 2.93. The molecule has 5 nitrogen and oxygen atoms in total. The van der Waals surface area contributed by atoms with Gasteiger partial charge in [0.1, 0.15) is 11.6 Å². The largest absolute Gasteiger partial charge is 0.352 e. The summed E-state index contributed by atoms with van der Waals surface area (Å²) in [5.74, 6) is 1.37. The van der Waals surface area contributed by atoms with Crippen molar-refractivity contribution < 1.29 is 4.39 Å². The van der Waals surface area contributed by atoms with Gasteiger partial charge in [0.05, 0.1) is 17.6 Å². The number of rotatable bonds is 4. The van der Waals surface area contributed by atoms with Gasteiger partial charge in [0.25, 0.3) is 0 Å². The second kappa shape index (κ2) is 7.12. The van der Waals surface area contributed by atoms with Gasteiger partial charge in [-0.2, -0.15) is 0 Å². The predicted molar refractivity (Wildman–Crippen MR) is 94.2 cm³/mol. The number of aromatic nitrogens is 2. The van der Waals surface area contributed by atoms with E-state index in [1.54, 1.807) is 19.2 Å². The Hall–Kier alpha value is -2.89. The van der Waals surface area contributed by atoms with Crippen LogP contribution in [0.25, 0.3) is 11.0 Å². The lowest BCUT2D eigenvalue weighted by atomic mass is 10.2. The van der Waals surface area contributed by atoms with Crippen LogP contribution in [0.3, 0.4) is 0 Å². The highest BCUT2D eigenvalue weighted by Gasteiger charge is 2.07. The zero-order chi connectivity index (χ0) is 16.9. The molecule has 0 amide bonds. The molecule has 0 saturated heterocycles. The Morgan fingerprint density at radius 3 is 2.50 bits per heavy atom. The summed E-state index contributed by atoms with van der Waals surface area (Å²) in [4.78, 5) is 8.83. The molecular weight excluding hydrogens is 305 g/mol. The van der Waals surface area contributed by atoms with Gasteiger partial charge in [-0.15, -0.1) is 0 Å². The van der Waals surface area contributed by atoms with E-state index in [2.05, 4.69) is 25.2 Å². The van der Waals surface area contributed by atoms with Gasteiger partial charge in [-0.25, -0.2) is 9.37 Å². The summed E-state index contributed by atoms with van der Waals surface area (Å²) in [6.45, 7) is 1.14. The molecule has 0 atom stereocenters. The quantitative estimate of drug-likeness (QED) is 0.573. The van der Waals surface area contributed by atoms with Crippen LogP contribution in [-0.4, -0.2) is 22.6 Å². The first-order valence-electron chi connectivity index (χ1n) is 7.76. The van der Waals surface area contributed by atoms with E-state index >= 15 is 0 Å². The van der Waals surface area contributed by atoms with Crippen molar-refractivity contribution >= 4 is 17.0 Å². The van der Waals surface area contributed by atoms with Crippen molar-refractivity contribution in [1.29, 1.82) is 0 Å². The minimum absolute atomic E-state index is 0.233. The van der Waals surface area contributed by atoms with Crippen LogP contribution in [0.2, 0.25) is 0 Å². The third-order valence-electron chi connectivity index (χ3n) is 3.89. The van der Waals surface area contributed by atoms with Gasteiger partial charge in [0.15, 0.2) is 5.96 Å². The second-order valence-corrected chi connectivity index (χ2v) is 5.48. The van der Waals surface area contributed by atoms with Gasteiger partial charge in [0.2, 0.25) is 0 Å². The maximum absolute atomic E-state index is 12.9. The Labute approximate surface area is 140 Å². The number of guanidine groups is 1. The van der Waals surface area contributed by atoms with Gasteiger partial charge in [-0.05, 0) is 29.8 Å². The summed E-state index contributed by atoms with van der Waals surface area (Å²) >= 11 is 0. The first-order chi connectivity index (χ1) is 11.7. The molecule has 0 aliphatic heterocycles. The van der Waals surface area contributed by atoms with Crippen molar-refractivity contribution in [3.8, 4) is 0 Å². The van der Waals surface area contributed by atoms with E-state index in [0.717, 1.165) is 22.4 Å².